The monoisotopic (exact) mass is 310 g/mol. The maximum absolute atomic E-state index is 5.90. The van der Waals surface area contributed by atoms with E-state index in [9.17, 15) is 0 Å². The topological polar surface area (TPSA) is 28.4 Å². The Kier molecular flexibility index (Phi) is 6.65. The number of aryl methyl sites for hydroxylation is 1. The van der Waals surface area contributed by atoms with Crippen LogP contribution in [0.15, 0.2) is 10.5 Å². The molecule has 0 aliphatic carbocycles. The van der Waals surface area contributed by atoms with Crippen LogP contribution in [0.25, 0.3) is 0 Å². The van der Waals surface area contributed by atoms with E-state index in [1.54, 1.807) is 0 Å². The predicted molar refractivity (Wildman–Crippen MR) is 91.8 cm³/mol. The second-order valence-electron chi connectivity index (χ2n) is 6.46. The molecule has 0 aromatic carbocycles. The molecule has 1 fully saturated rings. The Morgan fingerprint density at radius 3 is 3.00 bits per heavy atom. The van der Waals surface area contributed by atoms with Gasteiger partial charge in [-0.05, 0) is 31.9 Å². The van der Waals surface area contributed by atoms with Crippen LogP contribution >= 0.6 is 11.8 Å². The van der Waals surface area contributed by atoms with Crippen LogP contribution in [-0.2, 0) is 13.1 Å². The highest BCUT2D eigenvalue weighted by molar-refractivity contribution is 8.00. The molecule has 1 aromatic rings. The van der Waals surface area contributed by atoms with E-state index in [1.807, 2.05) is 0 Å². The lowest BCUT2D eigenvalue weighted by Gasteiger charge is -2.31. The van der Waals surface area contributed by atoms with E-state index in [0.29, 0.717) is 5.92 Å². The fourth-order valence-electron chi connectivity index (χ4n) is 2.73. The zero-order valence-corrected chi connectivity index (χ0v) is 14.8. The Balaban J connectivity index is 1.86. The molecule has 1 unspecified atom stereocenters. The zero-order valence-electron chi connectivity index (χ0n) is 13.9. The molecule has 0 spiro atoms. The highest BCUT2D eigenvalue weighted by Crippen LogP contribution is 2.24. The summed E-state index contributed by atoms with van der Waals surface area (Å²) in [6.07, 6.45) is 1.27. The summed E-state index contributed by atoms with van der Waals surface area (Å²) >= 11 is 2.13. The van der Waals surface area contributed by atoms with E-state index in [2.05, 4.69) is 55.7 Å². The largest absolute Gasteiger partial charge is 0.465 e. The third-order valence-electron chi connectivity index (χ3n) is 4.00. The molecule has 1 aromatic heterocycles. The van der Waals surface area contributed by atoms with Crippen molar-refractivity contribution in [2.75, 3.05) is 25.4 Å². The van der Waals surface area contributed by atoms with E-state index < -0.39 is 0 Å². The maximum Gasteiger partial charge on any atom is 0.118 e. The molecule has 1 atom stereocenters. The molecule has 1 N–H and O–H groups in total. The van der Waals surface area contributed by atoms with Crippen LogP contribution in [0.5, 0.6) is 0 Å². The second-order valence-corrected chi connectivity index (χ2v) is 7.86. The van der Waals surface area contributed by atoms with Gasteiger partial charge in [-0.1, -0.05) is 20.8 Å². The number of rotatable bonds is 7. The lowest BCUT2D eigenvalue weighted by Crippen LogP contribution is -2.37. The molecule has 1 aliphatic rings. The van der Waals surface area contributed by atoms with Crippen molar-refractivity contribution in [2.24, 2.45) is 5.92 Å². The van der Waals surface area contributed by atoms with Crippen molar-refractivity contribution in [1.29, 1.82) is 0 Å². The van der Waals surface area contributed by atoms with Gasteiger partial charge in [0.1, 0.15) is 11.5 Å². The Morgan fingerprint density at radius 1 is 1.48 bits per heavy atom. The molecule has 3 nitrogen and oxygen atoms in total. The summed E-state index contributed by atoms with van der Waals surface area (Å²) in [5.41, 5.74) is 1.36. The normalized spacial score (nSPS) is 20.3. The van der Waals surface area contributed by atoms with Crippen LogP contribution in [0.4, 0.5) is 0 Å². The molecule has 0 amide bonds. The Morgan fingerprint density at radius 2 is 2.29 bits per heavy atom. The third-order valence-corrected chi connectivity index (χ3v) is 5.37. The van der Waals surface area contributed by atoms with Gasteiger partial charge in [0.25, 0.3) is 0 Å². The van der Waals surface area contributed by atoms with Crippen molar-refractivity contribution < 1.29 is 4.42 Å². The van der Waals surface area contributed by atoms with Crippen LogP contribution in [0.3, 0.4) is 0 Å². The van der Waals surface area contributed by atoms with Gasteiger partial charge in [-0.15, -0.1) is 0 Å². The average Bonchev–Trinajstić information content (AvgIpc) is 2.79. The minimum Gasteiger partial charge on any atom is -0.465 e. The van der Waals surface area contributed by atoms with E-state index >= 15 is 0 Å². The smallest absolute Gasteiger partial charge is 0.118 e. The minimum atomic E-state index is 0.678. The molecule has 0 bridgehead atoms. The molecule has 120 valence electrons. The van der Waals surface area contributed by atoms with E-state index in [-0.39, 0.29) is 0 Å². The summed E-state index contributed by atoms with van der Waals surface area (Å²) in [6.45, 7) is 14.2. The van der Waals surface area contributed by atoms with Crippen molar-refractivity contribution in [1.82, 2.24) is 10.2 Å². The molecule has 0 saturated carbocycles. The van der Waals surface area contributed by atoms with Gasteiger partial charge in [0.2, 0.25) is 0 Å². The number of hydrogen-bond donors (Lipinski definition) is 1. The van der Waals surface area contributed by atoms with Crippen molar-refractivity contribution in [3.05, 3.63) is 23.2 Å². The second kappa shape index (κ2) is 8.25. The minimum absolute atomic E-state index is 0.678. The quantitative estimate of drug-likeness (QED) is 0.832. The molecule has 4 heteroatoms. The van der Waals surface area contributed by atoms with Crippen LogP contribution in [0.1, 0.15) is 44.3 Å². The van der Waals surface area contributed by atoms with Crippen LogP contribution in [0, 0.1) is 12.8 Å². The van der Waals surface area contributed by atoms with Gasteiger partial charge in [0, 0.05) is 36.2 Å². The van der Waals surface area contributed by atoms with Crippen molar-refractivity contribution >= 4 is 11.8 Å². The predicted octanol–water partition coefficient (Wildman–Crippen LogP) is 3.66. The van der Waals surface area contributed by atoms with E-state index in [1.165, 1.54) is 30.8 Å². The molecule has 1 saturated heterocycles. The fraction of sp³-hybridized carbons (Fsp3) is 0.765. The average molecular weight is 311 g/mol. The number of nitrogens with zero attached hydrogens (tertiary/aromatic N) is 1. The van der Waals surface area contributed by atoms with Crippen molar-refractivity contribution in [3.8, 4) is 0 Å². The molecule has 2 rings (SSSR count). The van der Waals surface area contributed by atoms with E-state index in [0.717, 1.165) is 36.4 Å². The molecule has 1 aliphatic heterocycles. The number of nitrogens with one attached hydrogen (secondary N) is 1. The molecule has 21 heavy (non-hydrogen) atoms. The number of hydrogen-bond acceptors (Lipinski definition) is 4. The SMILES string of the molecule is CCC1CN(Cc2cc(CNCC(C)C)oc2C)CCS1. The highest BCUT2D eigenvalue weighted by atomic mass is 32.2. The zero-order chi connectivity index (χ0) is 15.2. The lowest BCUT2D eigenvalue weighted by molar-refractivity contribution is 0.271. The van der Waals surface area contributed by atoms with Crippen LogP contribution < -0.4 is 5.32 Å². The summed E-state index contributed by atoms with van der Waals surface area (Å²) in [7, 11) is 0. The Hall–Kier alpha value is -0.450. The van der Waals surface area contributed by atoms with Gasteiger partial charge in [0.05, 0.1) is 6.54 Å². The number of thioether (sulfide) groups is 1. The summed E-state index contributed by atoms with van der Waals surface area (Å²) in [5, 5.41) is 4.25. The molecule has 0 radical (unpaired) electrons. The van der Waals surface area contributed by atoms with Gasteiger partial charge >= 0.3 is 0 Å². The van der Waals surface area contributed by atoms with Gasteiger partial charge < -0.3 is 9.73 Å². The fourth-order valence-corrected chi connectivity index (χ4v) is 3.98. The highest BCUT2D eigenvalue weighted by Gasteiger charge is 2.20. The Labute approximate surface area is 133 Å². The first kappa shape index (κ1) is 16.9. The summed E-state index contributed by atoms with van der Waals surface area (Å²) < 4.78 is 5.90. The summed E-state index contributed by atoms with van der Waals surface area (Å²) in [5.74, 6) is 4.10. The van der Waals surface area contributed by atoms with Crippen LogP contribution in [0.2, 0.25) is 0 Å². The van der Waals surface area contributed by atoms with Crippen molar-refractivity contribution in [2.45, 2.75) is 52.5 Å². The van der Waals surface area contributed by atoms with Gasteiger partial charge in [-0.25, -0.2) is 0 Å². The van der Waals surface area contributed by atoms with Gasteiger partial charge in [-0.3, -0.25) is 4.90 Å². The first-order valence-electron chi connectivity index (χ1n) is 8.21. The van der Waals surface area contributed by atoms with Gasteiger partial charge in [0.15, 0.2) is 0 Å². The first-order chi connectivity index (χ1) is 10.1. The summed E-state index contributed by atoms with van der Waals surface area (Å²) in [6, 6.07) is 2.24. The number of furan rings is 1. The van der Waals surface area contributed by atoms with Gasteiger partial charge in [-0.2, -0.15) is 11.8 Å². The maximum atomic E-state index is 5.90. The Bertz CT molecular complexity index is 430. The summed E-state index contributed by atoms with van der Waals surface area (Å²) in [4.78, 5) is 2.58. The van der Waals surface area contributed by atoms with Crippen LogP contribution in [-0.4, -0.2) is 35.5 Å². The first-order valence-corrected chi connectivity index (χ1v) is 9.26. The standard InChI is InChI=1S/C17H30N2OS/c1-5-17-12-19(6-7-21-17)11-15-8-16(20-14(15)4)10-18-9-13(2)3/h8,13,17-18H,5-7,9-12H2,1-4H3. The lowest BCUT2D eigenvalue weighted by atomic mass is 10.2. The molecular weight excluding hydrogens is 280 g/mol. The third kappa shape index (κ3) is 5.35. The molecule has 2 heterocycles. The van der Waals surface area contributed by atoms with E-state index in [4.69, 9.17) is 4.42 Å². The van der Waals surface area contributed by atoms with Crippen molar-refractivity contribution in [3.63, 3.8) is 0 Å². The molecular formula is C17H30N2OS.